The Balaban J connectivity index is 1.67. The van der Waals surface area contributed by atoms with Gasteiger partial charge in [0.1, 0.15) is 11.5 Å². The molecule has 1 fully saturated rings. The van der Waals surface area contributed by atoms with E-state index in [9.17, 15) is 0 Å². The summed E-state index contributed by atoms with van der Waals surface area (Å²) in [7, 11) is 0. The molecule has 1 unspecified atom stereocenters. The van der Waals surface area contributed by atoms with Crippen molar-refractivity contribution >= 4 is 11.5 Å². The quantitative estimate of drug-likeness (QED) is 0.761. The minimum atomic E-state index is 0.332. The van der Waals surface area contributed by atoms with Crippen LogP contribution in [-0.2, 0) is 0 Å². The van der Waals surface area contributed by atoms with Crippen LogP contribution in [0.15, 0.2) is 42.7 Å². The molecule has 1 aliphatic rings. The summed E-state index contributed by atoms with van der Waals surface area (Å²) in [5.41, 5.74) is 4.48. The molecule has 0 saturated heterocycles. The molecule has 3 aromatic rings. The molecule has 4 heteroatoms. The van der Waals surface area contributed by atoms with Crippen LogP contribution in [0.5, 0.6) is 0 Å². The van der Waals surface area contributed by atoms with Gasteiger partial charge in [-0.25, -0.2) is 9.97 Å². The topological polar surface area (TPSA) is 42.2 Å². The largest absolute Gasteiger partial charge is 0.367 e. The third kappa shape index (κ3) is 2.66. The SMILES string of the molecule is Cc1ccn2c(-c3cccc(NC4CCCC4(C)C)n3)cnc2c1. The lowest BCUT2D eigenvalue weighted by atomic mass is 9.87. The molecule has 1 saturated carbocycles. The number of nitrogens with one attached hydrogen (secondary N) is 1. The van der Waals surface area contributed by atoms with Crippen molar-refractivity contribution in [1.82, 2.24) is 14.4 Å². The molecular formula is C20H24N4. The summed E-state index contributed by atoms with van der Waals surface area (Å²) in [5.74, 6) is 0.953. The maximum atomic E-state index is 4.84. The minimum Gasteiger partial charge on any atom is -0.367 e. The smallest absolute Gasteiger partial charge is 0.137 e. The van der Waals surface area contributed by atoms with Crippen molar-refractivity contribution in [3.63, 3.8) is 0 Å². The highest BCUT2D eigenvalue weighted by Gasteiger charge is 2.34. The molecule has 1 atom stereocenters. The summed E-state index contributed by atoms with van der Waals surface area (Å²) < 4.78 is 2.10. The molecule has 0 aliphatic heterocycles. The van der Waals surface area contributed by atoms with Gasteiger partial charge in [-0.05, 0) is 55.0 Å². The first kappa shape index (κ1) is 15.2. The highest BCUT2D eigenvalue weighted by molar-refractivity contribution is 5.62. The number of hydrogen-bond acceptors (Lipinski definition) is 3. The lowest BCUT2D eigenvalue weighted by Crippen LogP contribution is -2.31. The molecule has 0 bridgehead atoms. The lowest BCUT2D eigenvalue weighted by molar-refractivity contribution is 0.349. The van der Waals surface area contributed by atoms with E-state index in [1.165, 1.54) is 24.8 Å². The molecule has 0 amide bonds. The molecular weight excluding hydrogens is 296 g/mol. The van der Waals surface area contributed by atoms with Crippen LogP contribution >= 0.6 is 0 Å². The first-order valence-electron chi connectivity index (χ1n) is 8.71. The number of anilines is 1. The summed E-state index contributed by atoms with van der Waals surface area (Å²) >= 11 is 0. The number of nitrogens with zero attached hydrogens (tertiary/aromatic N) is 3. The summed E-state index contributed by atoms with van der Waals surface area (Å²) in [5, 5.41) is 3.65. The second-order valence-corrected chi connectivity index (χ2v) is 7.56. The second kappa shape index (κ2) is 5.62. The van der Waals surface area contributed by atoms with Crippen molar-refractivity contribution in [2.75, 3.05) is 5.32 Å². The molecule has 1 N–H and O–H groups in total. The van der Waals surface area contributed by atoms with E-state index in [-0.39, 0.29) is 0 Å². The van der Waals surface area contributed by atoms with E-state index in [0.29, 0.717) is 11.5 Å². The molecule has 0 spiro atoms. The van der Waals surface area contributed by atoms with E-state index >= 15 is 0 Å². The van der Waals surface area contributed by atoms with E-state index in [4.69, 9.17) is 4.98 Å². The fourth-order valence-corrected chi connectivity index (χ4v) is 3.70. The van der Waals surface area contributed by atoms with E-state index in [1.54, 1.807) is 0 Å². The number of fused-ring (bicyclic) bond motifs is 1. The van der Waals surface area contributed by atoms with Gasteiger partial charge in [-0.3, -0.25) is 4.40 Å². The van der Waals surface area contributed by atoms with Gasteiger partial charge in [0.05, 0.1) is 17.6 Å². The van der Waals surface area contributed by atoms with Crippen LogP contribution in [0, 0.1) is 12.3 Å². The molecule has 4 nitrogen and oxygen atoms in total. The van der Waals surface area contributed by atoms with Gasteiger partial charge in [0, 0.05) is 12.2 Å². The maximum absolute atomic E-state index is 4.84. The Labute approximate surface area is 143 Å². The number of imidazole rings is 1. The van der Waals surface area contributed by atoms with Gasteiger partial charge in [-0.1, -0.05) is 26.3 Å². The third-order valence-electron chi connectivity index (χ3n) is 5.26. The monoisotopic (exact) mass is 320 g/mol. The Morgan fingerprint density at radius 1 is 1.25 bits per heavy atom. The fourth-order valence-electron chi connectivity index (χ4n) is 3.70. The van der Waals surface area contributed by atoms with Crippen LogP contribution in [-0.4, -0.2) is 20.4 Å². The van der Waals surface area contributed by atoms with Crippen molar-refractivity contribution in [3.05, 3.63) is 48.3 Å². The second-order valence-electron chi connectivity index (χ2n) is 7.56. The van der Waals surface area contributed by atoms with Crippen LogP contribution in [0.4, 0.5) is 5.82 Å². The van der Waals surface area contributed by atoms with Gasteiger partial charge >= 0.3 is 0 Å². The number of aryl methyl sites for hydroxylation is 1. The maximum Gasteiger partial charge on any atom is 0.137 e. The normalized spacial score (nSPS) is 19.7. The van der Waals surface area contributed by atoms with Crippen LogP contribution in [0.3, 0.4) is 0 Å². The molecule has 4 rings (SSSR count). The van der Waals surface area contributed by atoms with Gasteiger partial charge < -0.3 is 5.32 Å². The Morgan fingerprint density at radius 2 is 2.12 bits per heavy atom. The Morgan fingerprint density at radius 3 is 2.92 bits per heavy atom. The summed E-state index contributed by atoms with van der Waals surface area (Å²) in [4.78, 5) is 9.36. The highest BCUT2D eigenvalue weighted by Crippen LogP contribution is 2.38. The first-order valence-corrected chi connectivity index (χ1v) is 8.71. The number of rotatable bonds is 3. The van der Waals surface area contributed by atoms with Gasteiger partial charge in [0.25, 0.3) is 0 Å². The number of pyridine rings is 2. The van der Waals surface area contributed by atoms with Gasteiger partial charge in [0.15, 0.2) is 0 Å². The first-order chi connectivity index (χ1) is 11.5. The molecule has 124 valence electrons. The fraction of sp³-hybridized carbons (Fsp3) is 0.400. The minimum absolute atomic E-state index is 0.332. The molecule has 1 aliphatic carbocycles. The van der Waals surface area contributed by atoms with E-state index in [1.807, 2.05) is 12.3 Å². The van der Waals surface area contributed by atoms with Gasteiger partial charge in [0.2, 0.25) is 0 Å². The van der Waals surface area contributed by atoms with Crippen molar-refractivity contribution < 1.29 is 0 Å². The predicted octanol–water partition coefficient (Wildman–Crippen LogP) is 4.70. The van der Waals surface area contributed by atoms with Crippen molar-refractivity contribution in [2.24, 2.45) is 5.41 Å². The molecule has 24 heavy (non-hydrogen) atoms. The number of hydrogen-bond donors (Lipinski definition) is 1. The summed E-state index contributed by atoms with van der Waals surface area (Å²) in [6.45, 7) is 6.77. The summed E-state index contributed by atoms with van der Waals surface area (Å²) in [6, 6.07) is 10.9. The van der Waals surface area contributed by atoms with Crippen molar-refractivity contribution in [3.8, 4) is 11.4 Å². The molecule has 3 aromatic heterocycles. The molecule has 0 aromatic carbocycles. The standard InChI is InChI=1S/C20H24N4/c1-14-9-11-24-16(13-21-19(24)12-14)15-6-4-8-18(22-15)23-17-7-5-10-20(17,2)3/h4,6,8-9,11-13,17H,5,7,10H2,1-3H3,(H,22,23). The third-order valence-corrected chi connectivity index (χ3v) is 5.26. The lowest BCUT2D eigenvalue weighted by Gasteiger charge is -2.28. The zero-order valence-electron chi connectivity index (χ0n) is 14.6. The van der Waals surface area contributed by atoms with E-state index in [0.717, 1.165) is 22.9 Å². The highest BCUT2D eigenvalue weighted by atomic mass is 15.1. The molecule has 0 radical (unpaired) electrons. The van der Waals surface area contributed by atoms with E-state index in [2.05, 4.69) is 65.9 Å². The van der Waals surface area contributed by atoms with Gasteiger partial charge in [-0.15, -0.1) is 0 Å². The number of aromatic nitrogens is 3. The zero-order chi connectivity index (χ0) is 16.7. The molecule has 3 heterocycles. The van der Waals surface area contributed by atoms with Crippen LogP contribution in [0.1, 0.15) is 38.7 Å². The Kier molecular flexibility index (Phi) is 3.56. The summed E-state index contributed by atoms with van der Waals surface area (Å²) in [6.07, 6.45) is 7.75. The Hall–Kier alpha value is -2.36. The van der Waals surface area contributed by atoms with Crippen LogP contribution < -0.4 is 5.32 Å². The predicted molar refractivity (Wildman–Crippen MR) is 98.2 cm³/mol. The average Bonchev–Trinajstić information content (AvgIpc) is 3.10. The van der Waals surface area contributed by atoms with E-state index < -0.39 is 0 Å². The average molecular weight is 320 g/mol. The van der Waals surface area contributed by atoms with Crippen LogP contribution in [0.25, 0.3) is 17.0 Å². The van der Waals surface area contributed by atoms with Crippen molar-refractivity contribution in [2.45, 2.75) is 46.1 Å². The van der Waals surface area contributed by atoms with Gasteiger partial charge in [-0.2, -0.15) is 0 Å². The van der Waals surface area contributed by atoms with Crippen LogP contribution in [0.2, 0.25) is 0 Å². The van der Waals surface area contributed by atoms with Crippen molar-refractivity contribution in [1.29, 1.82) is 0 Å². The Bertz CT molecular complexity index is 878. The zero-order valence-corrected chi connectivity index (χ0v) is 14.6.